The number of para-hydroxylation sites is 1. The number of pyridine rings is 1. The molecule has 7 rings (SSSR count). The minimum absolute atomic E-state index is 0. The van der Waals surface area contributed by atoms with E-state index in [0.29, 0.717) is 11.5 Å². The van der Waals surface area contributed by atoms with Gasteiger partial charge in [-0.2, -0.15) is 16.7 Å². The van der Waals surface area contributed by atoms with Crippen LogP contribution in [0.4, 0.5) is 0 Å². The zero-order valence-corrected chi connectivity index (χ0v) is 29.7. The Morgan fingerprint density at radius 2 is 1.55 bits per heavy atom. The van der Waals surface area contributed by atoms with Crippen LogP contribution in [-0.2, 0) is 20.4 Å². The summed E-state index contributed by atoms with van der Waals surface area (Å²) in [5.74, 6) is 2.66. The second kappa shape index (κ2) is 13.0. The van der Waals surface area contributed by atoms with E-state index in [9.17, 15) is 0 Å². The molecule has 0 amide bonds. The second-order valence-electron chi connectivity index (χ2n) is 11.6. The third-order valence-electron chi connectivity index (χ3n) is 8.44. The molecule has 0 aliphatic carbocycles. The second-order valence-corrected chi connectivity index (χ2v) is 12.5. The molecule has 0 aliphatic heterocycles. The zero-order chi connectivity index (χ0) is 32.1. The molecule has 238 valence electrons. The van der Waals surface area contributed by atoms with Crippen LogP contribution in [0.3, 0.4) is 0 Å². The molecule has 0 aliphatic rings. The molecule has 0 atom stereocenters. The number of nitrogens with zero attached hydrogens (tertiary/aromatic N) is 4. The number of aromatic nitrogens is 4. The average molecular weight is 729 g/mol. The standard InChI is InChI=1S/C39H34N4O2S.Pd/c1-23-16-28(43-27(5)39(26(4)41-43)38-24(2)18-32(46-7)19-25(38)3)20-31(17-23)45-30-12-13-34-33-10-8-9-11-35(33)42(36(34)21-30)37-22-29(44-6)14-15-40-37;/h8-19,22H,1-7H3;/q-2;+2. The first-order valence-electron chi connectivity index (χ1n) is 15.2. The van der Waals surface area contributed by atoms with Crippen LogP contribution in [0.5, 0.6) is 17.2 Å². The molecule has 0 spiro atoms. The Bertz CT molecular complexity index is 2260. The molecule has 0 bridgehead atoms. The molecule has 0 N–H and O–H groups in total. The minimum Gasteiger partial charge on any atom is -0.509 e. The van der Waals surface area contributed by atoms with Crippen LogP contribution in [0.1, 0.15) is 28.1 Å². The van der Waals surface area contributed by atoms with Crippen LogP contribution in [0.15, 0.2) is 83.9 Å². The van der Waals surface area contributed by atoms with Crippen molar-refractivity contribution in [3.05, 3.63) is 119 Å². The van der Waals surface area contributed by atoms with Gasteiger partial charge in [-0.15, -0.1) is 47.5 Å². The first-order chi connectivity index (χ1) is 22.2. The van der Waals surface area contributed by atoms with Crippen LogP contribution in [0.25, 0.3) is 44.4 Å². The Labute approximate surface area is 293 Å². The number of rotatable bonds is 7. The summed E-state index contributed by atoms with van der Waals surface area (Å²) in [5, 5.41) is 7.17. The number of hydrogen-bond acceptors (Lipinski definition) is 5. The first kappa shape index (κ1) is 32.6. The number of fused-ring (bicyclic) bond motifs is 3. The largest absolute Gasteiger partial charge is 2.00 e. The van der Waals surface area contributed by atoms with Crippen molar-refractivity contribution in [2.24, 2.45) is 0 Å². The SMILES string of the molecule is COc1ccnc(-n2c3[c-]c(Oc4[c-]c(-n5nc(C)c(-c6c(C)cc(SC)cc6C)c5C)cc(C)c4)ccc3c3ccccc32)c1.[Pd+2]. The van der Waals surface area contributed by atoms with Gasteiger partial charge in [-0.25, -0.2) is 4.98 Å². The number of aryl methyl sites for hydroxylation is 4. The van der Waals surface area contributed by atoms with Crippen LogP contribution in [0, 0.1) is 46.8 Å². The number of benzene rings is 4. The van der Waals surface area contributed by atoms with Gasteiger partial charge in [-0.3, -0.25) is 4.68 Å². The van der Waals surface area contributed by atoms with Crippen molar-refractivity contribution in [3.63, 3.8) is 0 Å². The molecule has 0 radical (unpaired) electrons. The van der Waals surface area contributed by atoms with E-state index in [1.54, 1.807) is 25.1 Å². The molecule has 0 fully saturated rings. The fourth-order valence-corrected chi connectivity index (χ4v) is 7.03. The molecule has 0 saturated heterocycles. The number of thioether (sulfide) groups is 1. The quantitative estimate of drug-likeness (QED) is 0.0930. The Morgan fingerprint density at radius 1 is 0.787 bits per heavy atom. The number of methoxy groups -OCH3 is 1. The predicted octanol–water partition coefficient (Wildman–Crippen LogP) is 9.69. The summed E-state index contributed by atoms with van der Waals surface area (Å²) in [7, 11) is 1.66. The Morgan fingerprint density at radius 3 is 2.30 bits per heavy atom. The summed E-state index contributed by atoms with van der Waals surface area (Å²) < 4.78 is 16.0. The molecule has 0 unspecified atom stereocenters. The van der Waals surface area contributed by atoms with Gasteiger partial charge in [0.25, 0.3) is 0 Å². The maximum atomic E-state index is 6.47. The van der Waals surface area contributed by atoms with Gasteiger partial charge in [-0.1, -0.05) is 30.6 Å². The van der Waals surface area contributed by atoms with Gasteiger partial charge in [0.2, 0.25) is 0 Å². The van der Waals surface area contributed by atoms with Gasteiger partial charge in [0.15, 0.2) is 0 Å². The Balaban J connectivity index is 0.00000386. The normalized spacial score (nSPS) is 11.2. The molecule has 8 heteroatoms. The van der Waals surface area contributed by atoms with Crippen molar-refractivity contribution >= 4 is 33.6 Å². The Kier molecular flexibility index (Phi) is 9.04. The number of hydrogen-bond donors (Lipinski definition) is 0. The van der Waals surface area contributed by atoms with E-state index in [4.69, 9.17) is 14.6 Å². The van der Waals surface area contributed by atoms with E-state index in [-0.39, 0.29) is 20.4 Å². The van der Waals surface area contributed by atoms with E-state index in [0.717, 1.165) is 61.6 Å². The maximum absolute atomic E-state index is 6.47. The fraction of sp³-hybridized carbons (Fsp3) is 0.179. The number of ether oxygens (including phenoxy) is 2. The van der Waals surface area contributed by atoms with Crippen molar-refractivity contribution in [3.8, 4) is 39.9 Å². The van der Waals surface area contributed by atoms with Crippen molar-refractivity contribution in [2.45, 2.75) is 39.5 Å². The third-order valence-corrected chi connectivity index (χ3v) is 9.15. The maximum Gasteiger partial charge on any atom is 2.00 e. The smallest absolute Gasteiger partial charge is 0.509 e. The summed E-state index contributed by atoms with van der Waals surface area (Å²) in [6.45, 7) is 10.6. The van der Waals surface area contributed by atoms with E-state index in [2.05, 4.69) is 99.0 Å². The summed E-state index contributed by atoms with van der Waals surface area (Å²) in [6, 6.07) is 31.7. The summed E-state index contributed by atoms with van der Waals surface area (Å²) in [6.07, 6.45) is 3.87. The first-order valence-corrected chi connectivity index (χ1v) is 16.4. The zero-order valence-electron chi connectivity index (χ0n) is 27.3. The van der Waals surface area contributed by atoms with Gasteiger partial charge < -0.3 is 14.0 Å². The van der Waals surface area contributed by atoms with Crippen LogP contribution >= 0.6 is 11.8 Å². The summed E-state index contributed by atoms with van der Waals surface area (Å²) in [5.41, 5.74) is 10.7. The molecular weight excluding hydrogens is 695 g/mol. The summed E-state index contributed by atoms with van der Waals surface area (Å²) in [4.78, 5) is 5.93. The minimum atomic E-state index is 0. The predicted molar refractivity (Wildman–Crippen MR) is 187 cm³/mol. The van der Waals surface area contributed by atoms with Gasteiger partial charge in [0, 0.05) is 45.4 Å². The molecule has 0 saturated carbocycles. The van der Waals surface area contributed by atoms with Gasteiger partial charge in [-0.05, 0) is 86.0 Å². The topological polar surface area (TPSA) is 54.1 Å². The molecule has 3 aromatic heterocycles. The van der Waals surface area contributed by atoms with Crippen molar-refractivity contribution < 1.29 is 29.9 Å². The monoisotopic (exact) mass is 728 g/mol. The summed E-state index contributed by atoms with van der Waals surface area (Å²) >= 11 is 1.77. The molecule has 3 heterocycles. The van der Waals surface area contributed by atoms with Crippen molar-refractivity contribution in [1.82, 2.24) is 19.3 Å². The van der Waals surface area contributed by atoms with Crippen molar-refractivity contribution in [1.29, 1.82) is 0 Å². The van der Waals surface area contributed by atoms with Gasteiger partial charge in [0.1, 0.15) is 11.6 Å². The van der Waals surface area contributed by atoms with E-state index in [1.165, 1.54) is 21.6 Å². The van der Waals surface area contributed by atoms with Crippen molar-refractivity contribution in [2.75, 3.05) is 13.4 Å². The van der Waals surface area contributed by atoms with Gasteiger partial charge in [0.05, 0.1) is 12.8 Å². The average Bonchev–Trinajstić information content (AvgIpc) is 3.53. The van der Waals surface area contributed by atoms with Crippen LogP contribution in [0.2, 0.25) is 0 Å². The van der Waals surface area contributed by atoms with Crippen LogP contribution < -0.4 is 9.47 Å². The van der Waals surface area contributed by atoms with Gasteiger partial charge >= 0.3 is 20.4 Å². The van der Waals surface area contributed by atoms with E-state index in [1.807, 2.05) is 41.1 Å². The molecule has 6 nitrogen and oxygen atoms in total. The molecule has 47 heavy (non-hydrogen) atoms. The molecule has 7 aromatic rings. The van der Waals surface area contributed by atoms with E-state index < -0.39 is 0 Å². The molecular formula is C39H34N4O2PdS. The molecule has 4 aromatic carbocycles. The van der Waals surface area contributed by atoms with Crippen LogP contribution in [-0.4, -0.2) is 32.7 Å². The van der Waals surface area contributed by atoms with E-state index >= 15 is 0 Å². The fourth-order valence-electron chi connectivity index (χ4n) is 6.45. The Hall–Kier alpha value is -4.35. The third kappa shape index (κ3) is 5.87.